The van der Waals surface area contributed by atoms with E-state index in [1.165, 1.54) is 64.1 Å². The normalized spacial score (nSPS) is 22.3. The van der Waals surface area contributed by atoms with Crippen molar-refractivity contribution in [3.8, 4) is 0 Å². The van der Waals surface area contributed by atoms with E-state index < -0.39 is 0 Å². The molecule has 4 aliphatic rings. The molecule has 0 N–H and O–H groups in total. The first kappa shape index (κ1) is 20.6. The Labute approximate surface area is 204 Å². The van der Waals surface area contributed by atoms with Gasteiger partial charge in [0.15, 0.2) is 23.1 Å². The summed E-state index contributed by atoms with van der Waals surface area (Å²) in [5.41, 5.74) is 8.85. The van der Waals surface area contributed by atoms with Crippen LogP contribution in [0.15, 0.2) is 82.8 Å². The van der Waals surface area contributed by atoms with Crippen molar-refractivity contribution in [1.29, 1.82) is 0 Å². The van der Waals surface area contributed by atoms with Gasteiger partial charge in [0, 0.05) is 17.0 Å². The van der Waals surface area contributed by atoms with E-state index in [1.807, 2.05) is 0 Å². The van der Waals surface area contributed by atoms with Crippen LogP contribution in [0.5, 0.6) is 0 Å². The molecule has 3 nitrogen and oxygen atoms in total. The highest BCUT2D eigenvalue weighted by molar-refractivity contribution is 7.83. The summed E-state index contributed by atoms with van der Waals surface area (Å²) in [6.07, 6.45) is 11.7. The zero-order valence-corrected chi connectivity index (χ0v) is 20.8. The first-order valence-corrected chi connectivity index (χ1v) is 13.9. The number of fused-ring (bicyclic) bond motifs is 3. The van der Waals surface area contributed by atoms with Gasteiger partial charge in [-0.2, -0.15) is 0 Å². The minimum absolute atomic E-state index is 0.168. The number of aliphatic imine (C=N–C) groups is 1. The summed E-state index contributed by atoms with van der Waals surface area (Å²) in [7, 11) is -0.168. The van der Waals surface area contributed by atoms with Gasteiger partial charge in [-0.05, 0) is 98.1 Å². The van der Waals surface area contributed by atoms with E-state index in [0.717, 1.165) is 25.9 Å². The Morgan fingerprint density at radius 2 is 1.97 bits per heavy atom. The number of hydrogen-bond acceptors (Lipinski definition) is 1. The predicted molar refractivity (Wildman–Crippen MR) is 142 cm³/mol. The molecule has 34 heavy (non-hydrogen) atoms. The minimum atomic E-state index is -0.168. The average molecular weight is 467 g/mol. The van der Waals surface area contributed by atoms with Gasteiger partial charge < -0.3 is 0 Å². The topological polar surface area (TPSA) is 20.3 Å². The lowest BCUT2D eigenvalue weighted by molar-refractivity contribution is -0.468. The number of hydrogen-bond donors (Lipinski definition) is 0. The van der Waals surface area contributed by atoms with Crippen LogP contribution in [-0.4, -0.2) is 20.2 Å². The molecule has 0 spiro atoms. The number of benzene rings is 2. The molecule has 2 saturated carbocycles. The number of aromatic nitrogens is 1. The smallest absolute Gasteiger partial charge is 0.199 e. The lowest BCUT2D eigenvalue weighted by Gasteiger charge is -2.17. The maximum Gasteiger partial charge on any atom is 0.199 e. The van der Waals surface area contributed by atoms with Gasteiger partial charge in [-0.3, -0.25) is 4.99 Å². The molecular weight excluding hydrogens is 434 g/mol. The van der Waals surface area contributed by atoms with Crippen LogP contribution in [0.25, 0.3) is 10.9 Å². The van der Waals surface area contributed by atoms with Crippen LogP contribution in [-0.2, 0) is 29.3 Å². The van der Waals surface area contributed by atoms with Crippen LogP contribution in [0.3, 0.4) is 0 Å². The van der Waals surface area contributed by atoms with Crippen molar-refractivity contribution in [2.24, 2.45) is 10.9 Å². The van der Waals surface area contributed by atoms with Crippen molar-refractivity contribution >= 4 is 27.5 Å². The van der Waals surface area contributed by atoms with Gasteiger partial charge >= 0.3 is 0 Å². The second-order valence-electron chi connectivity index (χ2n) is 10.7. The Kier molecular flexibility index (Phi) is 4.64. The van der Waals surface area contributed by atoms with E-state index >= 15 is 0 Å². The fraction of sp³-hybridized carbons (Fsp3) is 0.367. The molecule has 172 valence electrons. The molecule has 2 fully saturated rings. The highest BCUT2D eigenvalue weighted by atomic mass is 32.2. The van der Waals surface area contributed by atoms with Crippen LogP contribution in [0.2, 0.25) is 0 Å². The fourth-order valence-electron chi connectivity index (χ4n) is 5.62. The van der Waals surface area contributed by atoms with Gasteiger partial charge in [-0.1, -0.05) is 31.2 Å². The van der Waals surface area contributed by atoms with Crippen molar-refractivity contribution in [2.45, 2.75) is 62.3 Å². The van der Waals surface area contributed by atoms with Crippen LogP contribution < -0.4 is 0 Å². The summed E-state index contributed by atoms with van der Waals surface area (Å²) in [6.45, 7) is 8.83. The molecule has 2 aliphatic heterocycles. The molecule has 0 saturated heterocycles. The molecule has 3 heterocycles. The third kappa shape index (κ3) is 3.38. The monoisotopic (exact) mass is 466 g/mol. The van der Waals surface area contributed by atoms with Crippen molar-refractivity contribution in [3.05, 3.63) is 89.8 Å². The van der Waals surface area contributed by atoms with Crippen LogP contribution >= 0.6 is 0 Å². The zero-order valence-electron chi connectivity index (χ0n) is 20.0. The molecule has 0 radical (unpaired) electrons. The second kappa shape index (κ2) is 7.64. The van der Waals surface area contributed by atoms with Gasteiger partial charge in [-0.25, -0.2) is 3.97 Å². The third-order valence-electron chi connectivity index (χ3n) is 8.08. The van der Waals surface area contributed by atoms with Crippen molar-refractivity contribution in [3.63, 3.8) is 0 Å². The minimum Gasteiger partial charge on any atom is -0.286 e. The standard InChI is InChI=1S/C30H32N3S/c1-21(22-10-11-22)32-20-26-17-24-18-28(30(2)14-15-30)23(12-13-25-7-6-16-31-25)19-29(24)33(26)34(32)27-8-4-3-5-9-27/h3-9,17-19,22H,1,10-16,20H2,2H3/q+1. The van der Waals surface area contributed by atoms with Crippen molar-refractivity contribution < 1.29 is 3.95 Å². The first-order valence-electron chi connectivity index (χ1n) is 12.7. The molecule has 1 unspecified atom stereocenters. The fourth-order valence-corrected chi connectivity index (χ4v) is 7.99. The van der Waals surface area contributed by atoms with E-state index in [9.17, 15) is 0 Å². The maximum absolute atomic E-state index is 4.66. The molecule has 0 amide bonds. The van der Waals surface area contributed by atoms with Gasteiger partial charge in [0.05, 0.1) is 17.0 Å². The molecule has 2 aliphatic carbocycles. The van der Waals surface area contributed by atoms with Crippen LogP contribution in [0.4, 0.5) is 0 Å². The SMILES string of the molecule is C=C(C1CC1)[N+]1=S(c2ccccc2)n2c(cc3cc(C4(C)CC4)c(CCC4=NCC=C4)cc32)C1. The average Bonchev–Trinajstić information content (AvgIpc) is 3.70. The van der Waals surface area contributed by atoms with Gasteiger partial charge in [0.2, 0.25) is 0 Å². The Balaban J connectivity index is 1.39. The Morgan fingerprint density at radius 1 is 1.15 bits per heavy atom. The summed E-state index contributed by atoms with van der Waals surface area (Å²) in [6, 6.07) is 18.6. The second-order valence-corrected chi connectivity index (χ2v) is 12.5. The highest BCUT2D eigenvalue weighted by Gasteiger charge is 2.42. The summed E-state index contributed by atoms with van der Waals surface area (Å²) >= 11 is 0. The Bertz CT molecular complexity index is 1430. The molecule has 0 bridgehead atoms. The Morgan fingerprint density at radius 3 is 2.68 bits per heavy atom. The molecule has 1 aromatic heterocycles. The van der Waals surface area contributed by atoms with E-state index in [4.69, 9.17) is 0 Å². The molecular formula is C30H32N3S+. The summed E-state index contributed by atoms with van der Waals surface area (Å²) in [4.78, 5) is 6.04. The molecule has 2 aromatic carbocycles. The Hall–Kier alpha value is -2.72. The quantitative estimate of drug-likeness (QED) is 0.345. The predicted octanol–water partition coefficient (Wildman–Crippen LogP) is 6.71. The number of rotatable bonds is 7. The summed E-state index contributed by atoms with van der Waals surface area (Å²) in [5, 5.41) is 1.41. The molecule has 1 atom stereocenters. The van der Waals surface area contributed by atoms with Crippen molar-refractivity contribution in [2.75, 3.05) is 6.54 Å². The van der Waals surface area contributed by atoms with Crippen LogP contribution in [0.1, 0.15) is 55.8 Å². The third-order valence-corrected chi connectivity index (χ3v) is 10.3. The lowest BCUT2D eigenvalue weighted by atomic mass is 9.89. The highest BCUT2D eigenvalue weighted by Crippen LogP contribution is 2.50. The van der Waals surface area contributed by atoms with E-state index in [2.05, 4.69) is 87.1 Å². The lowest BCUT2D eigenvalue weighted by Crippen LogP contribution is -2.14. The van der Waals surface area contributed by atoms with E-state index in [0.29, 0.717) is 11.3 Å². The summed E-state index contributed by atoms with van der Waals surface area (Å²) in [5.74, 6) is 0.673. The number of allylic oxidation sites excluding steroid dienone is 2. The van der Waals surface area contributed by atoms with Gasteiger partial charge in [0.1, 0.15) is 5.69 Å². The van der Waals surface area contributed by atoms with E-state index in [1.54, 1.807) is 5.56 Å². The molecule has 7 rings (SSSR count). The van der Waals surface area contributed by atoms with Gasteiger partial charge in [0.25, 0.3) is 0 Å². The van der Waals surface area contributed by atoms with Crippen LogP contribution in [0, 0.1) is 5.92 Å². The first-order chi connectivity index (χ1) is 16.6. The largest absolute Gasteiger partial charge is 0.286 e. The molecule has 4 heteroatoms. The summed E-state index contributed by atoms with van der Waals surface area (Å²) < 4.78 is 5.23. The molecule has 3 aromatic rings. The van der Waals surface area contributed by atoms with Gasteiger partial charge in [-0.15, -0.1) is 3.95 Å². The number of aryl methyl sites for hydroxylation is 1. The number of nitrogens with zero attached hydrogens (tertiary/aromatic N) is 3. The zero-order chi connectivity index (χ0) is 22.9. The van der Waals surface area contributed by atoms with E-state index in [-0.39, 0.29) is 10.9 Å². The maximum atomic E-state index is 4.66. The van der Waals surface area contributed by atoms with Crippen molar-refractivity contribution in [1.82, 2.24) is 3.97 Å².